The van der Waals surface area contributed by atoms with Crippen LogP contribution in [0.2, 0.25) is 0 Å². The Labute approximate surface area is 187 Å². The SMILES string of the molecule is CCCCCCCCCc1ccccc1CCCCCCCCCc1ccccc1. The molecule has 0 aromatic heterocycles. The van der Waals surface area contributed by atoms with E-state index in [0.717, 1.165) is 0 Å². The van der Waals surface area contributed by atoms with Gasteiger partial charge in [-0.25, -0.2) is 0 Å². The smallest absolute Gasteiger partial charge is 0.0276 e. The molecule has 0 heteroatoms. The molecule has 0 bridgehead atoms. The number of unbranched alkanes of at least 4 members (excludes halogenated alkanes) is 12. The highest BCUT2D eigenvalue weighted by Crippen LogP contribution is 2.18. The van der Waals surface area contributed by atoms with E-state index in [1.807, 2.05) is 0 Å². The maximum atomic E-state index is 2.38. The second-order valence-corrected chi connectivity index (χ2v) is 9.10. The monoisotopic (exact) mass is 406 g/mol. The van der Waals surface area contributed by atoms with Crippen LogP contribution in [0, 0.1) is 0 Å². The molecule has 0 spiro atoms. The molecule has 0 N–H and O–H groups in total. The lowest BCUT2D eigenvalue weighted by Crippen LogP contribution is -1.95. The molecule has 0 radical (unpaired) electrons. The van der Waals surface area contributed by atoms with Crippen molar-refractivity contribution in [3.63, 3.8) is 0 Å². The number of rotatable bonds is 18. The van der Waals surface area contributed by atoms with Crippen LogP contribution in [0.3, 0.4) is 0 Å². The summed E-state index contributed by atoms with van der Waals surface area (Å²) in [5.74, 6) is 0. The van der Waals surface area contributed by atoms with Gasteiger partial charge in [0, 0.05) is 0 Å². The van der Waals surface area contributed by atoms with E-state index in [1.54, 1.807) is 11.1 Å². The summed E-state index contributed by atoms with van der Waals surface area (Å²) in [6, 6.07) is 20.1. The zero-order chi connectivity index (χ0) is 21.1. The lowest BCUT2D eigenvalue weighted by molar-refractivity contribution is 0.576. The molecular formula is C30H46. The number of aryl methyl sites for hydroxylation is 3. The van der Waals surface area contributed by atoms with Gasteiger partial charge in [-0.1, -0.05) is 132 Å². The van der Waals surface area contributed by atoms with E-state index in [2.05, 4.69) is 61.5 Å². The van der Waals surface area contributed by atoms with Crippen molar-refractivity contribution >= 4 is 0 Å². The van der Waals surface area contributed by atoms with E-state index in [-0.39, 0.29) is 0 Å². The Hall–Kier alpha value is -1.56. The van der Waals surface area contributed by atoms with Crippen molar-refractivity contribution < 1.29 is 0 Å². The van der Waals surface area contributed by atoms with Crippen LogP contribution in [0.4, 0.5) is 0 Å². The minimum Gasteiger partial charge on any atom is -0.0654 e. The van der Waals surface area contributed by atoms with Crippen LogP contribution >= 0.6 is 0 Å². The van der Waals surface area contributed by atoms with Crippen molar-refractivity contribution in [3.8, 4) is 0 Å². The van der Waals surface area contributed by atoms with Crippen molar-refractivity contribution in [3.05, 3.63) is 71.3 Å². The van der Waals surface area contributed by atoms with Crippen molar-refractivity contribution in [2.75, 3.05) is 0 Å². The molecule has 0 aliphatic heterocycles. The van der Waals surface area contributed by atoms with E-state index in [9.17, 15) is 0 Å². The van der Waals surface area contributed by atoms with Gasteiger partial charge in [-0.3, -0.25) is 0 Å². The molecule has 0 aliphatic rings. The Morgan fingerprint density at radius 1 is 0.400 bits per heavy atom. The predicted octanol–water partition coefficient (Wildman–Crippen LogP) is 9.50. The highest BCUT2D eigenvalue weighted by atomic mass is 14.1. The molecule has 0 amide bonds. The molecule has 0 fully saturated rings. The third-order valence-corrected chi connectivity index (χ3v) is 6.42. The van der Waals surface area contributed by atoms with Gasteiger partial charge in [-0.15, -0.1) is 0 Å². The van der Waals surface area contributed by atoms with Gasteiger partial charge >= 0.3 is 0 Å². The molecule has 2 aromatic rings. The predicted molar refractivity (Wildman–Crippen MR) is 134 cm³/mol. The molecule has 0 unspecified atom stereocenters. The molecule has 0 atom stereocenters. The first-order valence-electron chi connectivity index (χ1n) is 13.0. The maximum absolute atomic E-state index is 2.38. The van der Waals surface area contributed by atoms with E-state index >= 15 is 0 Å². The summed E-state index contributed by atoms with van der Waals surface area (Å²) < 4.78 is 0. The standard InChI is InChI=1S/C30H46/c1-2-3-4-5-7-11-17-24-29-26-19-20-27-30(29)25-18-12-9-6-8-10-14-21-28-22-15-13-16-23-28/h13,15-16,19-20,22-23,26-27H,2-12,14,17-18,21,24-25H2,1H3. The fourth-order valence-corrected chi connectivity index (χ4v) is 4.49. The van der Waals surface area contributed by atoms with Crippen LogP contribution in [0.5, 0.6) is 0 Å². The third-order valence-electron chi connectivity index (χ3n) is 6.42. The van der Waals surface area contributed by atoms with Crippen LogP contribution in [0.1, 0.15) is 114 Å². The molecule has 166 valence electrons. The summed E-state index contributed by atoms with van der Waals surface area (Å²) in [6.45, 7) is 2.30. The molecule has 0 saturated heterocycles. The van der Waals surface area contributed by atoms with Crippen LogP contribution < -0.4 is 0 Å². The molecule has 0 aliphatic carbocycles. The first-order valence-corrected chi connectivity index (χ1v) is 13.0. The second kappa shape index (κ2) is 17.2. The Morgan fingerprint density at radius 3 is 1.30 bits per heavy atom. The summed E-state index contributed by atoms with van der Waals surface area (Å²) in [5, 5.41) is 0. The van der Waals surface area contributed by atoms with Crippen LogP contribution in [-0.4, -0.2) is 0 Å². The quantitative estimate of drug-likeness (QED) is 0.216. The minimum absolute atomic E-state index is 1.25. The first kappa shape index (κ1) is 24.7. The highest BCUT2D eigenvalue weighted by molar-refractivity contribution is 5.27. The van der Waals surface area contributed by atoms with Crippen LogP contribution in [0.15, 0.2) is 54.6 Å². The van der Waals surface area contributed by atoms with E-state index in [1.165, 1.54) is 115 Å². The number of benzene rings is 2. The Kier molecular flexibility index (Phi) is 14.1. The average Bonchev–Trinajstić information content (AvgIpc) is 2.79. The summed E-state index contributed by atoms with van der Waals surface area (Å²) in [4.78, 5) is 0. The van der Waals surface area contributed by atoms with Crippen molar-refractivity contribution in [2.24, 2.45) is 0 Å². The third kappa shape index (κ3) is 11.6. The largest absolute Gasteiger partial charge is 0.0654 e. The summed E-state index contributed by atoms with van der Waals surface area (Å²) in [7, 11) is 0. The minimum atomic E-state index is 1.25. The topological polar surface area (TPSA) is 0 Å². The summed E-state index contributed by atoms with van der Waals surface area (Å²) >= 11 is 0. The average molecular weight is 407 g/mol. The van der Waals surface area contributed by atoms with Crippen LogP contribution in [-0.2, 0) is 19.3 Å². The van der Waals surface area contributed by atoms with Gasteiger partial charge in [0.1, 0.15) is 0 Å². The van der Waals surface area contributed by atoms with Crippen LogP contribution in [0.25, 0.3) is 0 Å². The van der Waals surface area contributed by atoms with Gasteiger partial charge in [-0.2, -0.15) is 0 Å². The molecular weight excluding hydrogens is 360 g/mol. The fraction of sp³-hybridized carbons (Fsp3) is 0.600. The van der Waals surface area contributed by atoms with Gasteiger partial charge in [0.2, 0.25) is 0 Å². The molecule has 2 rings (SSSR count). The number of hydrogen-bond donors (Lipinski definition) is 0. The summed E-state index contributed by atoms with van der Waals surface area (Å²) in [6.07, 6.45) is 23.3. The normalized spacial score (nSPS) is 11.1. The van der Waals surface area contributed by atoms with Crippen molar-refractivity contribution in [2.45, 2.75) is 116 Å². The molecule has 0 saturated carbocycles. The summed E-state index contributed by atoms with van der Waals surface area (Å²) in [5.41, 5.74) is 4.73. The zero-order valence-corrected chi connectivity index (χ0v) is 19.7. The Morgan fingerprint density at radius 2 is 0.800 bits per heavy atom. The zero-order valence-electron chi connectivity index (χ0n) is 19.7. The Balaban J connectivity index is 1.48. The van der Waals surface area contributed by atoms with E-state index in [4.69, 9.17) is 0 Å². The van der Waals surface area contributed by atoms with Crippen molar-refractivity contribution in [1.82, 2.24) is 0 Å². The highest BCUT2D eigenvalue weighted by Gasteiger charge is 2.02. The number of hydrogen-bond acceptors (Lipinski definition) is 0. The van der Waals surface area contributed by atoms with Crippen molar-refractivity contribution in [1.29, 1.82) is 0 Å². The second-order valence-electron chi connectivity index (χ2n) is 9.10. The molecule has 0 nitrogen and oxygen atoms in total. The van der Waals surface area contributed by atoms with Gasteiger partial charge in [0.15, 0.2) is 0 Å². The molecule has 30 heavy (non-hydrogen) atoms. The van der Waals surface area contributed by atoms with Gasteiger partial charge in [0.05, 0.1) is 0 Å². The van der Waals surface area contributed by atoms with E-state index in [0.29, 0.717) is 0 Å². The van der Waals surface area contributed by atoms with Gasteiger partial charge < -0.3 is 0 Å². The van der Waals surface area contributed by atoms with E-state index < -0.39 is 0 Å². The van der Waals surface area contributed by atoms with Gasteiger partial charge in [0.25, 0.3) is 0 Å². The lowest BCUT2D eigenvalue weighted by Gasteiger charge is -2.10. The molecule has 0 heterocycles. The Bertz CT molecular complexity index is 627. The lowest BCUT2D eigenvalue weighted by atomic mass is 9.96. The van der Waals surface area contributed by atoms with Gasteiger partial charge in [-0.05, 0) is 55.2 Å². The maximum Gasteiger partial charge on any atom is -0.0276 e. The molecule has 2 aromatic carbocycles. The fourth-order valence-electron chi connectivity index (χ4n) is 4.49. The first-order chi connectivity index (χ1) is 14.9.